The zero-order valence-corrected chi connectivity index (χ0v) is 57.2. The Balaban J connectivity index is 0. The van der Waals surface area contributed by atoms with E-state index < -0.39 is 0 Å². The number of aldehydes is 1. The largest absolute Gasteiger partial charge is 0.378 e. The summed E-state index contributed by atoms with van der Waals surface area (Å²) in [6, 6.07) is 2.00. The van der Waals surface area contributed by atoms with Crippen LogP contribution in [0.5, 0.6) is 0 Å². The van der Waals surface area contributed by atoms with Gasteiger partial charge in [-0.15, -0.1) is 22.7 Å². The van der Waals surface area contributed by atoms with Crippen molar-refractivity contribution in [3.05, 3.63) is 103 Å². The van der Waals surface area contributed by atoms with Crippen LogP contribution in [0.2, 0.25) is 0 Å². The molecule has 440 valence electrons. The highest BCUT2D eigenvalue weighted by molar-refractivity contribution is 7.09. The molecule has 14 heteroatoms. The number of rotatable bonds is 2. The van der Waals surface area contributed by atoms with E-state index in [1.165, 1.54) is 44.5 Å². The number of imidazole rings is 1. The van der Waals surface area contributed by atoms with Gasteiger partial charge in [-0.2, -0.15) is 15.3 Å². The maximum Gasteiger partial charge on any atom is 0.125 e. The summed E-state index contributed by atoms with van der Waals surface area (Å²) >= 11 is 3.44. The highest BCUT2D eigenvalue weighted by Crippen LogP contribution is 2.29. The van der Waals surface area contributed by atoms with Crippen LogP contribution in [0, 0.1) is 45.4 Å². The number of aromatic nitrogens is 10. The minimum atomic E-state index is -0.139. The molecule has 0 radical (unpaired) electrons. The molecule has 6 heterocycles. The quantitative estimate of drug-likeness (QED) is 0.169. The van der Waals surface area contributed by atoms with Crippen LogP contribution in [0.25, 0.3) is 0 Å². The zero-order chi connectivity index (χ0) is 61.1. The molecule has 1 unspecified atom stereocenters. The number of nitrogens with one attached hydrogen (secondary N) is 1. The fourth-order valence-electron chi connectivity index (χ4n) is 6.76. The van der Waals surface area contributed by atoms with Crippen LogP contribution in [0.1, 0.15) is 241 Å². The molecule has 1 atom stereocenters. The Hall–Kier alpha value is -4.27. The molecule has 0 saturated heterocycles. The summed E-state index contributed by atoms with van der Waals surface area (Å²) in [5, 5.41) is 18.7. The number of ether oxygens (including phenoxy) is 1. The summed E-state index contributed by atoms with van der Waals surface area (Å²) in [7, 11) is 6.03. The smallest absolute Gasteiger partial charge is 0.125 e. The average molecular weight is 1110 g/mol. The van der Waals surface area contributed by atoms with Crippen LogP contribution < -0.4 is 0 Å². The van der Waals surface area contributed by atoms with Crippen molar-refractivity contribution in [2.24, 2.45) is 32.0 Å². The molecule has 0 amide bonds. The number of carbonyl (C=O) groups is 1. The average Bonchev–Trinajstić information content (AvgIpc) is 4.12. The second kappa shape index (κ2) is 30.9. The summed E-state index contributed by atoms with van der Waals surface area (Å²) in [6.07, 6.45) is 8.92. The molecule has 0 aliphatic carbocycles. The molecule has 0 aromatic carbocycles. The lowest BCUT2D eigenvalue weighted by molar-refractivity contribution is -0.113. The first-order chi connectivity index (χ1) is 34.4. The van der Waals surface area contributed by atoms with Gasteiger partial charge < -0.3 is 14.1 Å². The van der Waals surface area contributed by atoms with Gasteiger partial charge in [-0.05, 0) is 81.8 Å². The third-order valence-corrected chi connectivity index (χ3v) is 14.1. The van der Waals surface area contributed by atoms with Gasteiger partial charge in [0, 0.05) is 107 Å². The number of hydrogen-bond donors (Lipinski definition) is 1. The van der Waals surface area contributed by atoms with Gasteiger partial charge in [-0.3, -0.25) is 19.4 Å². The number of hydrogen-bond acceptors (Lipinski definition) is 10. The van der Waals surface area contributed by atoms with Crippen LogP contribution in [0.3, 0.4) is 0 Å². The second-order valence-corrected chi connectivity index (χ2v) is 30.2. The molecular formula is C63H114N10O2S2. The van der Waals surface area contributed by atoms with E-state index >= 15 is 0 Å². The van der Waals surface area contributed by atoms with Crippen molar-refractivity contribution in [2.45, 2.75) is 253 Å². The summed E-state index contributed by atoms with van der Waals surface area (Å²) in [5.41, 5.74) is 13.4. The third-order valence-electron chi connectivity index (χ3n) is 12.1. The Kier molecular flexibility index (Phi) is 30.0. The Morgan fingerprint density at radius 1 is 0.662 bits per heavy atom. The number of aryl methyl sites for hydroxylation is 5. The number of nitrogens with zero attached hydrogens (tertiary/aromatic N) is 9. The van der Waals surface area contributed by atoms with Crippen molar-refractivity contribution < 1.29 is 9.53 Å². The van der Waals surface area contributed by atoms with Crippen LogP contribution >= 0.6 is 22.7 Å². The minimum Gasteiger partial charge on any atom is -0.378 e. The van der Waals surface area contributed by atoms with Gasteiger partial charge in [0.15, 0.2) is 0 Å². The van der Waals surface area contributed by atoms with E-state index in [-0.39, 0.29) is 43.3 Å². The van der Waals surface area contributed by atoms with Crippen LogP contribution in [-0.4, -0.2) is 68.3 Å². The second-order valence-electron chi connectivity index (χ2n) is 28.2. The molecule has 0 bridgehead atoms. The first-order valence-electron chi connectivity index (χ1n) is 27.3. The molecule has 77 heavy (non-hydrogen) atoms. The molecule has 1 N–H and O–H groups in total. The fourth-order valence-corrected chi connectivity index (χ4v) is 8.31. The van der Waals surface area contributed by atoms with E-state index in [0.717, 1.165) is 29.4 Å². The fraction of sp³-hybridized carbons (Fsp3) is 0.698. The predicted molar refractivity (Wildman–Crippen MR) is 334 cm³/mol. The van der Waals surface area contributed by atoms with Gasteiger partial charge in [-0.25, -0.2) is 9.97 Å². The van der Waals surface area contributed by atoms with E-state index in [1.54, 1.807) is 28.9 Å². The molecule has 6 rings (SSSR count). The molecular weight excluding hydrogens is 993 g/mol. The van der Waals surface area contributed by atoms with Crippen molar-refractivity contribution >= 4 is 29.0 Å². The van der Waals surface area contributed by atoms with Gasteiger partial charge in [0.25, 0.3) is 0 Å². The van der Waals surface area contributed by atoms with Crippen molar-refractivity contribution in [2.75, 3.05) is 6.61 Å². The highest BCUT2D eigenvalue weighted by Gasteiger charge is 2.23. The lowest BCUT2D eigenvalue weighted by Crippen LogP contribution is -2.25. The minimum absolute atomic E-state index is 0.139. The molecule has 0 aliphatic rings. The number of H-pyrrole nitrogens is 1. The zero-order valence-electron chi connectivity index (χ0n) is 55.6. The van der Waals surface area contributed by atoms with Crippen molar-refractivity contribution in [3.63, 3.8) is 0 Å². The number of thiazole rings is 2. The van der Waals surface area contributed by atoms with E-state index in [4.69, 9.17) is 4.74 Å². The normalized spacial score (nSPS) is 12.4. The van der Waals surface area contributed by atoms with Crippen molar-refractivity contribution in [1.82, 2.24) is 49.3 Å². The van der Waals surface area contributed by atoms with Gasteiger partial charge in [0.1, 0.15) is 12.1 Å². The number of carbonyl (C=O) groups excluding carboxylic acids is 1. The Morgan fingerprint density at radius 3 is 1.36 bits per heavy atom. The summed E-state index contributed by atoms with van der Waals surface area (Å²) in [6.45, 7) is 67.0. The SMILES string of the molecule is CC(C)(C)C=O.CC(C)(C)c1ccn[nH]1.CC(C)(C)c1cncs1.CCOC(C)C(C)(C)C.Cc1c(C(C)(C)C)cnn1C.Cc1nc(C(C)(C)C)cs1.Cc1ncc(C(C)(C)C)n1C.Cc1nn(C)c(C)c1C(C)(C)C. The Labute approximate surface area is 479 Å². The summed E-state index contributed by atoms with van der Waals surface area (Å²) in [4.78, 5) is 23.8. The standard InChI is InChI=1S/C10H18N2.2C9H16N2.C8H13NS.C8H18O.C7H12N2.C7H11NS.C5H10O/c1-7-9(10(3,4)5)8(2)12(6)11-7;1-7-10-6-8(11(7)5)9(2,3)4;1-7-8(9(2,3)4)6-10-11(7)5;1-6-9-7(5-10-6)8(2,3)4;1-6-9-7(2)8(3,4)5;1-7(2,3)6-4-5-8-9-6;1-7(2,3)6-4-8-5-9-6;1-5(2,3)4-6/h1-6H3;2*6H,1-5H3;5H,1-4H3;7H,6H2,1-5H3;4-5H,1-3H3,(H,8,9);4-5H,1-3H3;4H,1-3H3. The summed E-state index contributed by atoms with van der Waals surface area (Å²) in [5.74, 6) is 1.08. The monoisotopic (exact) mass is 1110 g/mol. The predicted octanol–water partition coefficient (Wildman–Crippen LogP) is 17.0. The van der Waals surface area contributed by atoms with Gasteiger partial charge >= 0.3 is 0 Å². The molecule has 6 aromatic rings. The molecule has 0 saturated carbocycles. The van der Waals surface area contributed by atoms with Gasteiger partial charge in [0.05, 0.1) is 34.2 Å². The first-order valence-corrected chi connectivity index (χ1v) is 29.1. The van der Waals surface area contributed by atoms with E-state index in [1.807, 2.05) is 95.2 Å². The van der Waals surface area contributed by atoms with Crippen LogP contribution in [0.4, 0.5) is 0 Å². The Bertz CT molecular complexity index is 2410. The molecule has 6 aromatic heterocycles. The van der Waals surface area contributed by atoms with E-state index in [2.05, 4.69) is 225 Å². The highest BCUT2D eigenvalue weighted by atomic mass is 32.1. The van der Waals surface area contributed by atoms with Gasteiger partial charge in [0.2, 0.25) is 0 Å². The third kappa shape index (κ3) is 29.5. The van der Waals surface area contributed by atoms with Crippen LogP contribution in [0.15, 0.2) is 41.7 Å². The summed E-state index contributed by atoms with van der Waals surface area (Å²) < 4.78 is 11.4. The van der Waals surface area contributed by atoms with E-state index in [0.29, 0.717) is 6.10 Å². The first kappa shape index (κ1) is 74.8. The molecule has 12 nitrogen and oxygen atoms in total. The van der Waals surface area contributed by atoms with Gasteiger partial charge in [-0.1, -0.05) is 166 Å². The lowest BCUT2D eigenvalue weighted by Gasteiger charge is -2.26. The maximum atomic E-state index is 9.83. The Morgan fingerprint density at radius 2 is 1.19 bits per heavy atom. The van der Waals surface area contributed by atoms with Crippen LogP contribution in [-0.2, 0) is 63.2 Å². The maximum absolute atomic E-state index is 9.83. The van der Waals surface area contributed by atoms with Crippen molar-refractivity contribution in [1.29, 1.82) is 0 Å². The van der Waals surface area contributed by atoms with Crippen molar-refractivity contribution in [3.8, 4) is 0 Å². The number of aromatic amines is 1. The molecule has 0 fully saturated rings. The molecule has 0 aliphatic heterocycles. The van der Waals surface area contributed by atoms with E-state index in [9.17, 15) is 4.79 Å². The lowest BCUT2D eigenvalue weighted by atomic mass is 9.85. The topological polar surface area (TPSA) is 134 Å². The molecule has 0 spiro atoms.